The Morgan fingerprint density at radius 2 is 2.11 bits per heavy atom. The molecule has 0 fully saturated rings. The average Bonchev–Trinajstić information content (AvgIpc) is 2.70. The highest BCUT2D eigenvalue weighted by molar-refractivity contribution is 9.11. The molecule has 0 aliphatic rings. The molecule has 1 unspecified atom stereocenters. The second-order valence-corrected chi connectivity index (χ2v) is 7.36. The maximum absolute atomic E-state index is 6.17. The zero-order valence-corrected chi connectivity index (χ0v) is 14.4. The summed E-state index contributed by atoms with van der Waals surface area (Å²) in [5, 5.41) is 4.34. The van der Waals surface area contributed by atoms with Crippen molar-refractivity contribution in [3.63, 3.8) is 0 Å². The van der Waals surface area contributed by atoms with Gasteiger partial charge in [-0.2, -0.15) is 0 Å². The number of rotatable bonds is 4. The molecule has 0 radical (unpaired) electrons. The zero-order valence-electron chi connectivity index (χ0n) is 11.3. The van der Waals surface area contributed by atoms with Crippen LogP contribution in [0.3, 0.4) is 0 Å². The van der Waals surface area contributed by atoms with Gasteiger partial charge in [-0.05, 0) is 59.1 Å². The molecule has 0 spiro atoms. The maximum Gasteiger partial charge on any atom is 0.0888 e. The van der Waals surface area contributed by atoms with Gasteiger partial charge >= 0.3 is 0 Å². The summed E-state index contributed by atoms with van der Waals surface area (Å²) in [5.74, 6) is 0. The Labute approximate surface area is 132 Å². The number of halogens is 2. The third-order valence-corrected chi connectivity index (χ3v) is 5.85. The molecule has 1 aromatic heterocycles. The van der Waals surface area contributed by atoms with E-state index in [2.05, 4.69) is 60.2 Å². The predicted octanol–water partition coefficient (Wildman–Crippen LogP) is 5.48. The fourth-order valence-electron chi connectivity index (χ4n) is 2.16. The highest BCUT2D eigenvalue weighted by Crippen LogP contribution is 2.38. The minimum atomic E-state index is 0.207. The van der Waals surface area contributed by atoms with E-state index in [0.717, 1.165) is 15.4 Å². The van der Waals surface area contributed by atoms with E-state index in [1.54, 1.807) is 11.3 Å². The molecule has 0 aliphatic heterocycles. The Morgan fingerprint density at radius 3 is 2.68 bits per heavy atom. The molecule has 1 N–H and O–H groups in total. The molecular weight excluding hydrogens is 342 g/mol. The number of nitrogens with one attached hydrogen (secondary N) is 1. The van der Waals surface area contributed by atoms with Crippen LogP contribution in [0.25, 0.3) is 0 Å². The van der Waals surface area contributed by atoms with Crippen molar-refractivity contribution >= 4 is 38.9 Å². The summed E-state index contributed by atoms with van der Waals surface area (Å²) in [6.45, 7) is 7.38. The van der Waals surface area contributed by atoms with Crippen molar-refractivity contribution in [1.29, 1.82) is 0 Å². The van der Waals surface area contributed by atoms with E-state index in [9.17, 15) is 0 Å². The molecule has 2 rings (SSSR count). The molecule has 0 bridgehead atoms. The van der Waals surface area contributed by atoms with E-state index in [4.69, 9.17) is 11.6 Å². The quantitative estimate of drug-likeness (QED) is 0.763. The first-order valence-corrected chi connectivity index (χ1v) is 8.27. The van der Waals surface area contributed by atoms with Crippen molar-refractivity contribution in [2.24, 2.45) is 0 Å². The van der Waals surface area contributed by atoms with Gasteiger partial charge in [0.2, 0.25) is 0 Å². The molecule has 1 nitrogen and oxygen atoms in total. The molecule has 2 aromatic rings. The van der Waals surface area contributed by atoms with Crippen molar-refractivity contribution in [3.05, 3.63) is 54.6 Å². The van der Waals surface area contributed by atoms with Gasteiger partial charge in [0, 0.05) is 4.88 Å². The van der Waals surface area contributed by atoms with Crippen molar-refractivity contribution in [2.75, 3.05) is 6.54 Å². The predicted molar refractivity (Wildman–Crippen MR) is 88.5 cm³/mol. The summed E-state index contributed by atoms with van der Waals surface area (Å²) >= 11 is 11.4. The molecule has 1 heterocycles. The van der Waals surface area contributed by atoms with Gasteiger partial charge in [0.25, 0.3) is 0 Å². The Bertz CT molecular complexity index is 560. The summed E-state index contributed by atoms with van der Waals surface area (Å²) in [7, 11) is 0. The second kappa shape index (κ2) is 6.40. The second-order valence-electron chi connectivity index (χ2n) is 4.55. The molecule has 1 atom stereocenters. The number of thiophene rings is 1. The lowest BCUT2D eigenvalue weighted by molar-refractivity contribution is 0.636. The molecule has 102 valence electrons. The van der Waals surface area contributed by atoms with Crippen LogP contribution in [0.4, 0.5) is 0 Å². The SMILES string of the molecule is CCNC(c1cc(Cl)c(Br)s1)c1cccc(C)c1C. The van der Waals surface area contributed by atoms with Gasteiger partial charge in [-0.15, -0.1) is 11.3 Å². The first-order chi connectivity index (χ1) is 9.04. The van der Waals surface area contributed by atoms with Crippen LogP contribution in [-0.2, 0) is 0 Å². The van der Waals surface area contributed by atoms with Gasteiger partial charge < -0.3 is 5.32 Å². The highest BCUT2D eigenvalue weighted by Gasteiger charge is 2.19. The van der Waals surface area contributed by atoms with Crippen LogP contribution in [0.1, 0.15) is 34.5 Å². The fraction of sp³-hybridized carbons (Fsp3) is 0.333. The summed E-state index contributed by atoms with van der Waals surface area (Å²) in [6, 6.07) is 8.72. The van der Waals surface area contributed by atoms with E-state index >= 15 is 0 Å². The first kappa shape index (κ1) is 15.0. The normalized spacial score (nSPS) is 12.7. The maximum atomic E-state index is 6.17. The van der Waals surface area contributed by atoms with Crippen molar-refractivity contribution in [1.82, 2.24) is 5.32 Å². The summed E-state index contributed by atoms with van der Waals surface area (Å²) < 4.78 is 0.998. The Kier molecular flexibility index (Phi) is 5.07. The van der Waals surface area contributed by atoms with Crippen LogP contribution < -0.4 is 5.32 Å². The zero-order chi connectivity index (χ0) is 14.0. The summed E-state index contributed by atoms with van der Waals surface area (Å²) in [4.78, 5) is 1.24. The van der Waals surface area contributed by atoms with Crippen molar-refractivity contribution in [2.45, 2.75) is 26.8 Å². The molecule has 4 heteroatoms. The minimum Gasteiger partial charge on any atom is -0.306 e. The van der Waals surface area contributed by atoms with Crippen molar-refractivity contribution < 1.29 is 0 Å². The number of aryl methyl sites for hydroxylation is 1. The van der Waals surface area contributed by atoms with Gasteiger partial charge in [-0.3, -0.25) is 0 Å². The van der Waals surface area contributed by atoms with Crippen LogP contribution >= 0.6 is 38.9 Å². The number of hydrogen-bond acceptors (Lipinski definition) is 2. The minimum absolute atomic E-state index is 0.207. The van der Waals surface area contributed by atoms with E-state index in [1.807, 2.05) is 6.07 Å². The molecule has 0 saturated carbocycles. The third kappa shape index (κ3) is 3.22. The van der Waals surface area contributed by atoms with Gasteiger partial charge in [0.1, 0.15) is 0 Å². The van der Waals surface area contributed by atoms with Crippen LogP contribution in [0.2, 0.25) is 5.02 Å². The van der Waals surface area contributed by atoms with Gasteiger partial charge in [0.05, 0.1) is 14.9 Å². The van der Waals surface area contributed by atoms with E-state index in [-0.39, 0.29) is 6.04 Å². The Morgan fingerprint density at radius 1 is 1.37 bits per heavy atom. The molecule has 0 aliphatic carbocycles. The van der Waals surface area contributed by atoms with E-state index in [0.29, 0.717) is 0 Å². The van der Waals surface area contributed by atoms with Crippen LogP contribution in [0.5, 0.6) is 0 Å². The molecule has 19 heavy (non-hydrogen) atoms. The Balaban J connectivity index is 2.48. The van der Waals surface area contributed by atoms with Crippen molar-refractivity contribution in [3.8, 4) is 0 Å². The van der Waals surface area contributed by atoms with Crippen LogP contribution in [0.15, 0.2) is 28.1 Å². The summed E-state index contributed by atoms with van der Waals surface area (Å²) in [6.07, 6.45) is 0. The van der Waals surface area contributed by atoms with E-state index in [1.165, 1.54) is 21.6 Å². The molecular formula is C15H17BrClNS. The molecule has 0 amide bonds. The monoisotopic (exact) mass is 357 g/mol. The standard InChI is InChI=1S/C15H17BrClNS/c1-4-18-14(13-8-12(17)15(16)19-13)11-7-5-6-9(2)10(11)3/h5-8,14,18H,4H2,1-3H3. The molecule has 1 aromatic carbocycles. The highest BCUT2D eigenvalue weighted by atomic mass is 79.9. The van der Waals surface area contributed by atoms with E-state index < -0.39 is 0 Å². The smallest absolute Gasteiger partial charge is 0.0888 e. The summed E-state index contributed by atoms with van der Waals surface area (Å²) in [5.41, 5.74) is 3.99. The lowest BCUT2D eigenvalue weighted by Gasteiger charge is -2.20. The van der Waals surface area contributed by atoms with Crippen LogP contribution in [0, 0.1) is 13.8 Å². The fourth-order valence-corrected chi connectivity index (χ4v) is 4.00. The Hall–Kier alpha value is -0.350. The lowest BCUT2D eigenvalue weighted by atomic mass is 9.96. The van der Waals surface area contributed by atoms with Crippen LogP contribution in [-0.4, -0.2) is 6.54 Å². The average molecular weight is 359 g/mol. The largest absolute Gasteiger partial charge is 0.306 e. The first-order valence-electron chi connectivity index (χ1n) is 6.28. The topological polar surface area (TPSA) is 12.0 Å². The lowest BCUT2D eigenvalue weighted by Crippen LogP contribution is -2.22. The van der Waals surface area contributed by atoms with Gasteiger partial charge in [0.15, 0.2) is 0 Å². The van der Waals surface area contributed by atoms with Gasteiger partial charge in [-0.25, -0.2) is 0 Å². The number of hydrogen-bond donors (Lipinski definition) is 1. The van der Waals surface area contributed by atoms with Gasteiger partial charge in [-0.1, -0.05) is 36.7 Å². The molecule has 0 saturated heterocycles. The third-order valence-electron chi connectivity index (χ3n) is 3.31. The number of benzene rings is 1.